The summed E-state index contributed by atoms with van der Waals surface area (Å²) in [5.41, 5.74) is -0.652. The Morgan fingerprint density at radius 2 is 2.00 bits per heavy atom. The second-order valence-electron chi connectivity index (χ2n) is 4.66. The summed E-state index contributed by atoms with van der Waals surface area (Å²) in [7, 11) is 0. The quantitative estimate of drug-likeness (QED) is 0.842. The van der Waals surface area contributed by atoms with Crippen molar-refractivity contribution in [2.45, 2.75) is 25.8 Å². The smallest absolute Gasteiger partial charge is 0.331 e. The Labute approximate surface area is 121 Å². The van der Waals surface area contributed by atoms with E-state index in [1.807, 2.05) is 6.92 Å². The molecule has 5 nitrogen and oxygen atoms in total. The van der Waals surface area contributed by atoms with Crippen molar-refractivity contribution in [3.05, 3.63) is 51.2 Å². The predicted molar refractivity (Wildman–Crippen MR) is 81.2 cm³/mol. The number of aromatic amines is 1. The Balaban J connectivity index is 2.73. The Morgan fingerprint density at radius 1 is 1.33 bits per heavy atom. The normalized spacial score (nSPS) is 11.8. The average Bonchev–Trinajstić information content (AvgIpc) is 2.47. The summed E-state index contributed by atoms with van der Waals surface area (Å²) in [6, 6.07) is 8.34. The van der Waals surface area contributed by atoms with Crippen molar-refractivity contribution in [3.63, 3.8) is 0 Å². The summed E-state index contributed by atoms with van der Waals surface area (Å²) in [5.74, 6) is 2.13. The first-order valence-electron chi connectivity index (χ1n) is 6.66. The van der Waals surface area contributed by atoms with Gasteiger partial charge < -0.3 is 5.11 Å². The average molecular weight is 284 g/mol. The molecule has 2 aromatic rings. The van der Waals surface area contributed by atoms with Gasteiger partial charge in [-0.25, -0.2) is 4.79 Å². The van der Waals surface area contributed by atoms with E-state index in [9.17, 15) is 14.7 Å². The van der Waals surface area contributed by atoms with Crippen LogP contribution in [0.3, 0.4) is 0 Å². The minimum atomic E-state index is -0.653. The van der Waals surface area contributed by atoms with Crippen LogP contribution in [-0.4, -0.2) is 14.7 Å². The number of rotatable bonds is 4. The highest BCUT2D eigenvalue weighted by Gasteiger charge is 2.20. The van der Waals surface area contributed by atoms with Crippen LogP contribution in [0, 0.1) is 12.3 Å². The molecule has 0 radical (unpaired) electrons. The van der Waals surface area contributed by atoms with E-state index >= 15 is 0 Å². The third kappa shape index (κ3) is 2.75. The lowest BCUT2D eigenvalue weighted by Crippen LogP contribution is -2.33. The molecular formula is C16H16N2O3. The van der Waals surface area contributed by atoms with Crippen LogP contribution >= 0.6 is 0 Å². The van der Waals surface area contributed by atoms with E-state index in [-0.39, 0.29) is 17.5 Å². The molecule has 1 atom stereocenters. The van der Waals surface area contributed by atoms with Crippen LogP contribution in [0.1, 0.15) is 25.8 Å². The van der Waals surface area contributed by atoms with Gasteiger partial charge in [-0.05, 0) is 12.0 Å². The molecule has 21 heavy (non-hydrogen) atoms. The molecule has 1 aromatic carbocycles. The zero-order chi connectivity index (χ0) is 15.4. The summed E-state index contributed by atoms with van der Waals surface area (Å²) in [5, 5.41) is 10.4. The van der Waals surface area contributed by atoms with Gasteiger partial charge in [-0.2, -0.15) is 0 Å². The second kappa shape index (κ2) is 6.14. The van der Waals surface area contributed by atoms with Crippen molar-refractivity contribution in [3.8, 4) is 29.4 Å². The van der Waals surface area contributed by atoms with E-state index in [1.165, 1.54) is 0 Å². The number of H-pyrrole nitrogens is 1. The van der Waals surface area contributed by atoms with Gasteiger partial charge in [-0.3, -0.25) is 14.3 Å². The first kappa shape index (κ1) is 14.7. The number of nitrogens with zero attached hydrogens (tertiary/aromatic N) is 1. The topological polar surface area (TPSA) is 75.1 Å². The first-order valence-corrected chi connectivity index (χ1v) is 6.66. The van der Waals surface area contributed by atoms with E-state index in [2.05, 4.69) is 10.9 Å². The molecule has 5 heteroatoms. The monoisotopic (exact) mass is 284 g/mol. The molecule has 0 aliphatic carbocycles. The maximum atomic E-state index is 12.0. The zero-order valence-corrected chi connectivity index (χ0v) is 11.7. The molecule has 0 aliphatic heterocycles. The van der Waals surface area contributed by atoms with Crippen LogP contribution < -0.4 is 11.2 Å². The number of aromatic nitrogens is 2. The van der Waals surface area contributed by atoms with Gasteiger partial charge >= 0.3 is 5.69 Å². The van der Waals surface area contributed by atoms with Crippen LogP contribution in [0.2, 0.25) is 0 Å². The highest BCUT2D eigenvalue weighted by molar-refractivity contribution is 5.67. The Kier molecular flexibility index (Phi) is 4.29. The molecule has 0 bridgehead atoms. The molecule has 2 N–H and O–H groups in total. The van der Waals surface area contributed by atoms with Gasteiger partial charge in [-0.1, -0.05) is 37.3 Å². The van der Waals surface area contributed by atoms with E-state index in [1.54, 1.807) is 30.3 Å². The summed E-state index contributed by atoms with van der Waals surface area (Å²) in [6.45, 7) is 1.86. The van der Waals surface area contributed by atoms with Crippen LogP contribution in [0.5, 0.6) is 5.88 Å². The summed E-state index contributed by atoms with van der Waals surface area (Å²) >= 11 is 0. The molecule has 0 fully saturated rings. The number of benzene rings is 1. The number of nitrogens with one attached hydrogen (secondary N) is 1. The van der Waals surface area contributed by atoms with Crippen molar-refractivity contribution < 1.29 is 5.11 Å². The fourth-order valence-corrected chi connectivity index (χ4v) is 2.30. The molecule has 0 spiro atoms. The number of hydrogen-bond donors (Lipinski definition) is 2. The summed E-state index contributed by atoms with van der Waals surface area (Å²) in [6.07, 6.45) is 6.17. The maximum absolute atomic E-state index is 12.0. The Bertz CT molecular complexity index is 782. The Morgan fingerprint density at radius 3 is 2.57 bits per heavy atom. The fourth-order valence-electron chi connectivity index (χ4n) is 2.30. The zero-order valence-electron chi connectivity index (χ0n) is 11.7. The summed E-state index contributed by atoms with van der Waals surface area (Å²) in [4.78, 5) is 26.3. The van der Waals surface area contributed by atoms with Gasteiger partial charge in [0.25, 0.3) is 5.56 Å². The lowest BCUT2D eigenvalue weighted by molar-refractivity contribution is 0.360. The van der Waals surface area contributed by atoms with Gasteiger partial charge in [0.2, 0.25) is 5.88 Å². The molecule has 108 valence electrons. The van der Waals surface area contributed by atoms with Crippen LogP contribution in [-0.2, 0) is 0 Å². The van der Waals surface area contributed by atoms with Crippen LogP contribution in [0.15, 0.2) is 39.9 Å². The predicted octanol–water partition coefficient (Wildman–Crippen LogP) is 1.88. The highest BCUT2D eigenvalue weighted by Crippen LogP contribution is 2.27. The van der Waals surface area contributed by atoms with Gasteiger partial charge in [0.05, 0.1) is 6.04 Å². The molecule has 0 saturated carbocycles. The third-order valence-corrected chi connectivity index (χ3v) is 3.37. The lowest BCUT2D eigenvalue weighted by atomic mass is 10.1. The lowest BCUT2D eigenvalue weighted by Gasteiger charge is -2.18. The number of hydrogen-bond acceptors (Lipinski definition) is 3. The third-order valence-electron chi connectivity index (χ3n) is 3.37. The Hall–Kier alpha value is -2.74. The molecule has 1 aromatic heterocycles. The van der Waals surface area contributed by atoms with Crippen molar-refractivity contribution in [1.29, 1.82) is 0 Å². The molecular weight excluding hydrogens is 268 g/mol. The van der Waals surface area contributed by atoms with Gasteiger partial charge in [0.1, 0.15) is 5.56 Å². The SMILES string of the molecule is C#CCC(CC)n1c(O)c(-c2ccccc2)c(=O)[nH]c1=O. The maximum Gasteiger partial charge on any atom is 0.331 e. The molecule has 1 unspecified atom stereocenters. The van der Waals surface area contributed by atoms with Crippen LogP contribution in [0.25, 0.3) is 11.1 Å². The standard InChI is InChI=1S/C16H16N2O3/c1-3-8-12(4-2)18-15(20)13(14(19)17-16(18)21)11-9-6-5-7-10-11/h1,5-7,9-10,12,20H,4,8H2,2H3,(H,17,19,21). The second-order valence-corrected chi connectivity index (χ2v) is 4.66. The van der Waals surface area contributed by atoms with Gasteiger partial charge in [0.15, 0.2) is 0 Å². The van der Waals surface area contributed by atoms with Crippen molar-refractivity contribution in [2.75, 3.05) is 0 Å². The number of terminal acetylenes is 1. The van der Waals surface area contributed by atoms with Crippen LogP contribution in [0.4, 0.5) is 0 Å². The van der Waals surface area contributed by atoms with Crippen molar-refractivity contribution in [1.82, 2.24) is 9.55 Å². The summed E-state index contributed by atoms with van der Waals surface area (Å²) < 4.78 is 1.16. The minimum Gasteiger partial charge on any atom is -0.494 e. The van der Waals surface area contributed by atoms with Gasteiger partial charge in [-0.15, -0.1) is 12.3 Å². The molecule has 0 saturated heterocycles. The van der Waals surface area contributed by atoms with Gasteiger partial charge in [0, 0.05) is 6.42 Å². The molecule has 1 heterocycles. The number of aromatic hydroxyl groups is 1. The fraction of sp³-hybridized carbons (Fsp3) is 0.250. The van der Waals surface area contributed by atoms with E-state index < -0.39 is 11.2 Å². The van der Waals surface area contributed by atoms with E-state index in [0.29, 0.717) is 18.4 Å². The van der Waals surface area contributed by atoms with Crippen molar-refractivity contribution in [2.24, 2.45) is 0 Å². The van der Waals surface area contributed by atoms with E-state index in [4.69, 9.17) is 6.42 Å². The first-order chi connectivity index (χ1) is 10.1. The molecule has 0 aliphatic rings. The van der Waals surface area contributed by atoms with E-state index in [0.717, 1.165) is 4.57 Å². The highest BCUT2D eigenvalue weighted by atomic mass is 16.3. The van der Waals surface area contributed by atoms with Crippen molar-refractivity contribution >= 4 is 0 Å². The minimum absolute atomic E-state index is 0.0747. The largest absolute Gasteiger partial charge is 0.494 e. The molecule has 2 rings (SSSR count). The molecule has 0 amide bonds.